The zero-order valence-electron chi connectivity index (χ0n) is 11.7. The van der Waals surface area contributed by atoms with Crippen molar-refractivity contribution in [2.75, 3.05) is 19.6 Å². The standard InChI is InChI=1S/C15H21BrN2O2/c1-2-9-18(12-5-7-17-8-6-12)15(20)11-3-4-13(16)14(19)10-11/h3-4,10,12,17,19H,2,5-9H2,1H3. The second kappa shape index (κ2) is 7.09. The Kier molecular flexibility index (Phi) is 5.43. The van der Waals surface area contributed by atoms with E-state index in [-0.39, 0.29) is 11.7 Å². The van der Waals surface area contributed by atoms with Crippen molar-refractivity contribution in [3.8, 4) is 5.75 Å². The summed E-state index contributed by atoms with van der Waals surface area (Å²) in [6, 6.07) is 5.32. The van der Waals surface area contributed by atoms with Crippen molar-refractivity contribution in [3.63, 3.8) is 0 Å². The molecule has 1 aromatic rings. The van der Waals surface area contributed by atoms with E-state index < -0.39 is 0 Å². The van der Waals surface area contributed by atoms with Gasteiger partial charge in [0.2, 0.25) is 0 Å². The van der Waals surface area contributed by atoms with Crippen LogP contribution in [0.15, 0.2) is 22.7 Å². The molecule has 20 heavy (non-hydrogen) atoms. The molecule has 0 spiro atoms. The number of piperidine rings is 1. The minimum atomic E-state index is 0.0153. The Labute approximate surface area is 128 Å². The van der Waals surface area contributed by atoms with E-state index in [2.05, 4.69) is 28.2 Å². The number of aromatic hydroxyl groups is 1. The third-order valence-electron chi connectivity index (χ3n) is 3.67. The van der Waals surface area contributed by atoms with Gasteiger partial charge in [0.25, 0.3) is 5.91 Å². The predicted octanol–water partition coefficient (Wildman–Crippen LogP) is 2.76. The van der Waals surface area contributed by atoms with E-state index in [0.717, 1.165) is 38.9 Å². The summed E-state index contributed by atoms with van der Waals surface area (Å²) in [5.41, 5.74) is 0.553. The number of phenolic OH excluding ortho intramolecular Hbond substituents is 1. The first-order chi connectivity index (χ1) is 9.63. The van der Waals surface area contributed by atoms with Crippen molar-refractivity contribution in [2.45, 2.75) is 32.2 Å². The summed E-state index contributed by atoms with van der Waals surface area (Å²) in [7, 11) is 0. The fourth-order valence-corrected chi connectivity index (χ4v) is 2.87. The van der Waals surface area contributed by atoms with Gasteiger partial charge in [-0.1, -0.05) is 6.92 Å². The number of benzene rings is 1. The average Bonchev–Trinajstić information content (AvgIpc) is 2.48. The van der Waals surface area contributed by atoms with E-state index in [1.165, 1.54) is 6.07 Å². The molecule has 0 aromatic heterocycles. The van der Waals surface area contributed by atoms with Gasteiger partial charge in [-0.05, 0) is 66.5 Å². The summed E-state index contributed by atoms with van der Waals surface area (Å²) in [5.74, 6) is 0.124. The van der Waals surface area contributed by atoms with Crippen molar-refractivity contribution in [2.24, 2.45) is 0 Å². The highest BCUT2D eigenvalue weighted by molar-refractivity contribution is 9.10. The lowest BCUT2D eigenvalue weighted by atomic mass is 10.0. The van der Waals surface area contributed by atoms with Gasteiger partial charge in [0, 0.05) is 18.2 Å². The number of hydrogen-bond acceptors (Lipinski definition) is 3. The molecule has 1 amide bonds. The first-order valence-electron chi connectivity index (χ1n) is 7.13. The zero-order valence-corrected chi connectivity index (χ0v) is 13.3. The first kappa shape index (κ1) is 15.3. The van der Waals surface area contributed by atoms with Crippen LogP contribution in [0.25, 0.3) is 0 Å². The molecule has 1 heterocycles. The van der Waals surface area contributed by atoms with Gasteiger partial charge in [0.15, 0.2) is 0 Å². The molecule has 2 N–H and O–H groups in total. The minimum absolute atomic E-state index is 0.0153. The third kappa shape index (κ3) is 3.52. The van der Waals surface area contributed by atoms with Gasteiger partial charge in [-0.15, -0.1) is 0 Å². The van der Waals surface area contributed by atoms with Crippen LogP contribution in [0.2, 0.25) is 0 Å². The van der Waals surface area contributed by atoms with E-state index >= 15 is 0 Å². The molecule has 1 aliphatic rings. The number of halogens is 1. The molecule has 0 aliphatic carbocycles. The summed E-state index contributed by atoms with van der Waals surface area (Å²) in [6.07, 6.45) is 2.93. The van der Waals surface area contributed by atoms with Crippen LogP contribution in [0.5, 0.6) is 5.75 Å². The van der Waals surface area contributed by atoms with Gasteiger partial charge in [0.05, 0.1) is 4.47 Å². The summed E-state index contributed by atoms with van der Waals surface area (Å²) in [4.78, 5) is 14.6. The normalized spacial score (nSPS) is 16.1. The fraction of sp³-hybridized carbons (Fsp3) is 0.533. The number of nitrogens with one attached hydrogen (secondary N) is 1. The lowest BCUT2D eigenvalue weighted by molar-refractivity contribution is 0.0642. The van der Waals surface area contributed by atoms with Crippen molar-refractivity contribution >= 4 is 21.8 Å². The van der Waals surface area contributed by atoms with Gasteiger partial charge in [0.1, 0.15) is 5.75 Å². The molecule has 0 bridgehead atoms. The van der Waals surface area contributed by atoms with Crippen LogP contribution >= 0.6 is 15.9 Å². The number of phenols is 1. The highest BCUT2D eigenvalue weighted by Crippen LogP contribution is 2.26. The van der Waals surface area contributed by atoms with Crippen molar-refractivity contribution in [3.05, 3.63) is 28.2 Å². The van der Waals surface area contributed by atoms with E-state index in [9.17, 15) is 9.90 Å². The number of carbonyl (C=O) groups excluding carboxylic acids is 1. The number of nitrogens with zero attached hydrogens (tertiary/aromatic N) is 1. The van der Waals surface area contributed by atoms with Crippen LogP contribution in [0.3, 0.4) is 0 Å². The van der Waals surface area contributed by atoms with Crippen LogP contribution < -0.4 is 5.32 Å². The Morgan fingerprint density at radius 3 is 2.75 bits per heavy atom. The van der Waals surface area contributed by atoms with Gasteiger partial charge >= 0.3 is 0 Å². The lowest BCUT2D eigenvalue weighted by Gasteiger charge is -2.34. The Balaban J connectivity index is 2.18. The van der Waals surface area contributed by atoms with Crippen LogP contribution in [0.1, 0.15) is 36.5 Å². The zero-order chi connectivity index (χ0) is 14.5. The van der Waals surface area contributed by atoms with Crippen LogP contribution in [0, 0.1) is 0 Å². The SMILES string of the molecule is CCCN(C(=O)c1ccc(Br)c(O)c1)C1CCNCC1. The monoisotopic (exact) mass is 340 g/mol. The summed E-state index contributed by atoms with van der Waals surface area (Å²) < 4.78 is 0.609. The molecule has 0 radical (unpaired) electrons. The maximum absolute atomic E-state index is 12.7. The van der Waals surface area contributed by atoms with E-state index in [0.29, 0.717) is 16.1 Å². The highest BCUT2D eigenvalue weighted by atomic mass is 79.9. The third-order valence-corrected chi connectivity index (χ3v) is 4.34. The molecule has 5 heteroatoms. The minimum Gasteiger partial charge on any atom is -0.507 e. The Bertz CT molecular complexity index is 473. The maximum atomic E-state index is 12.7. The smallest absolute Gasteiger partial charge is 0.254 e. The van der Waals surface area contributed by atoms with Crippen molar-refractivity contribution in [1.29, 1.82) is 0 Å². The van der Waals surface area contributed by atoms with E-state index in [4.69, 9.17) is 0 Å². The number of rotatable bonds is 4. The molecule has 110 valence electrons. The fourth-order valence-electron chi connectivity index (χ4n) is 2.62. The van der Waals surface area contributed by atoms with Gasteiger partial charge in [-0.2, -0.15) is 0 Å². The molecule has 1 aliphatic heterocycles. The van der Waals surface area contributed by atoms with Crippen LogP contribution in [-0.2, 0) is 0 Å². The molecule has 1 fully saturated rings. The summed E-state index contributed by atoms with van der Waals surface area (Å²) >= 11 is 3.24. The van der Waals surface area contributed by atoms with Crippen molar-refractivity contribution in [1.82, 2.24) is 10.2 Å². The number of hydrogen-bond donors (Lipinski definition) is 2. The average molecular weight is 341 g/mol. The quantitative estimate of drug-likeness (QED) is 0.886. The van der Waals surface area contributed by atoms with Crippen LogP contribution in [-0.4, -0.2) is 41.6 Å². The second-order valence-corrected chi connectivity index (χ2v) is 6.00. The molecular weight excluding hydrogens is 320 g/mol. The second-order valence-electron chi connectivity index (χ2n) is 5.15. The summed E-state index contributed by atoms with van der Waals surface area (Å²) in [6.45, 7) is 4.77. The van der Waals surface area contributed by atoms with Gasteiger partial charge in [-0.25, -0.2) is 0 Å². The van der Waals surface area contributed by atoms with E-state index in [1.807, 2.05) is 4.90 Å². The molecular formula is C15H21BrN2O2. The molecule has 1 aromatic carbocycles. The first-order valence-corrected chi connectivity index (χ1v) is 7.93. The van der Waals surface area contributed by atoms with E-state index in [1.54, 1.807) is 12.1 Å². The van der Waals surface area contributed by atoms with Crippen LogP contribution in [0.4, 0.5) is 0 Å². The van der Waals surface area contributed by atoms with Gasteiger partial charge in [-0.3, -0.25) is 4.79 Å². The Morgan fingerprint density at radius 1 is 1.45 bits per heavy atom. The predicted molar refractivity (Wildman–Crippen MR) is 83.0 cm³/mol. The number of amides is 1. The maximum Gasteiger partial charge on any atom is 0.254 e. The molecule has 1 saturated heterocycles. The molecule has 0 saturated carbocycles. The Morgan fingerprint density at radius 2 is 2.15 bits per heavy atom. The summed E-state index contributed by atoms with van der Waals surface area (Å²) in [5, 5.41) is 13.1. The van der Waals surface area contributed by atoms with Crippen molar-refractivity contribution < 1.29 is 9.90 Å². The largest absolute Gasteiger partial charge is 0.507 e. The lowest BCUT2D eigenvalue weighted by Crippen LogP contribution is -2.46. The molecule has 0 atom stereocenters. The number of carbonyl (C=O) groups is 1. The van der Waals surface area contributed by atoms with Gasteiger partial charge < -0.3 is 15.3 Å². The Hall–Kier alpha value is -1.07. The molecule has 2 rings (SSSR count). The highest BCUT2D eigenvalue weighted by Gasteiger charge is 2.25. The molecule has 4 nitrogen and oxygen atoms in total. The topological polar surface area (TPSA) is 52.6 Å². The molecule has 0 unspecified atom stereocenters.